The number of furan rings is 1. The van der Waals surface area contributed by atoms with Gasteiger partial charge < -0.3 is 14.6 Å². The molecule has 3 aromatic carbocycles. The van der Waals surface area contributed by atoms with Crippen LogP contribution in [0.25, 0.3) is 0 Å². The van der Waals surface area contributed by atoms with Crippen molar-refractivity contribution in [1.82, 2.24) is 10.2 Å². The Kier molecular flexibility index (Phi) is 7.96. The van der Waals surface area contributed by atoms with Gasteiger partial charge in [-0.3, -0.25) is 9.69 Å². The zero-order chi connectivity index (χ0) is 25.5. The fourth-order valence-corrected chi connectivity index (χ4v) is 5.10. The molecule has 1 aromatic heterocycles. The number of halogens is 1. The summed E-state index contributed by atoms with van der Waals surface area (Å²) < 4.78 is 19.1. The van der Waals surface area contributed by atoms with Crippen molar-refractivity contribution in [1.29, 1.82) is 0 Å². The highest BCUT2D eigenvalue weighted by Crippen LogP contribution is 2.29. The molecular weight excluding hydrogens is 465 g/mol. The molecule has 1 saturated heterocycles. The van der Waals surface area contributed by atoms with E-state index >= 15 is 0 Å². The van der Waals surface area contributed by atoms with Crippen molar-refractivity contribution in [2.24, 2.45) is 0 Å². The second-order valence-electron chi connectivity index (χ2n) is 9.41. The van der Waals surface area contributed by atoms with Gasteiger partial charge in [0, 0.05) is 50.7 Å². The number of carbonyl (C=O) groups excluding carboxylic acids is 1. The molecular formula is C31H32FN3O2. The molecule has 0 radical (unpaired) electrons. The van der Waals surface area contributed by atoms with E-state index in [2.05, 4.69) is 39.4 Å². The predicted octanol–water partition coefficient (Wildman–Crippen LogP) is 5.62. The van der Waals surface area contributed by atoms with Gasteiger partial charge in [0.05, 0.1) is 12.3 Å². The molecule has 1 aliphatic heterocycles. The number of nitrogens with zero attached hydrogens (tertiary/aromatic N) is 2. The van der Waals surface area contributed by atoms with E-state index in [1.165, 1.54) is 12.1 Å². The summed E-state index contributed by atoms with van der Waals surface area (Å²) in [7, 11) is 0. The van der Waals surface area contributed by atoms with Crippen molar-refractivity contribution < 1.29 is 13.6 Å². The second kappa shape index (κ2) is 11.9. The van der Waals surface area contributed by atoms with Crippen molar-refractivity contribution in [2.45, 2.75) is 18.4 Å². The Hall–Kier alpha value is -3.90. The minimum atomic E-state index is -0.224. The number of amides is 1. The first-order valence-electron chi connectivity index (χ1n) is 12.8. The van der Waals surface area contributed by atoms with Gasteiger partial charge in [-0.25, -0.2) is 4.39 Å². The fourth-order valence-electron chi connectivity index (χ4n) is 5.10. The zero-order valence-corrected chi connectivity index (χ0v) is 20.8. The van der Waals surface area contributed by atoms with Gasteiger partial charge in [0.1, 0.15) is 11.6 Å². The molecule has 1 atom stereocenters. The molecule has 5 rings (SSSR count). The van der Waals surface area contributed by atoms with Gasteiger partial charge in [-0.1, -0.05) is 60.7 Å². The molecule has 0 aliphatic carbocycles. The topological polar surface area (TPSA) is 48.7 Å². The number of rotatable bonds is 9. The number of carbonyl (C=O) groups is 1. The number of nitrogens with one attached hydrogen (secondary N) is 1. The van der Waals surface area contributed by atoms with Gasteiger partial charge >= 0.3 is 0 Å². The molecule has 190 valence electrons. The van der Waals surface area contributed by atoms with Crippen LogP contribution in [-0.4, -0.2) is 43.5 Å². The maximum atomic E-state index is 13.3. The van der Waals surface area contributed by atoms with E-state index in [9.17, 15) is 9.18 Å². The van der Waals surface area contributed by atoms with Crippen molar-refractivity contribution >= 4 is 11.6 Å². The van der Waals surface area contributed by atoms with E-state index in [-0.39, 0.29) is 23.7 Å². The van der Waals surface area contributed by atoms with Crippen LogP contribution >= 0.6 is 0 Å². The number of piperazine rings is 1. The molecule has 0 saturated carbocycles. The third kappa shape index (κ3) is 6.27. The molecule has 1 N–H and O–H groups in total. The summed E-state index contributed by atoms with van der Waals surface area (Å²) in [5.41, 5.74) is 3.28. The van der Waals surface area contributed by atoms with Gasteiger partial charge in [0.25, 0.3) is 0 Å². The monoisotopic (exact) mass is 497 g/mol. The Morgan fingerprint density at radius 3 is 2.00 bits per heavy atom. The minimum absolute atomic E-state index is 0.0104. The van der Waals surface area contributed by atoms with Gasteiger partial charge in [-0.15, -0.1) is 0 Å². The summed E-state index contributed by atoms with van der Waals surface area (Å²) in [6, 6.07) is 30.8. The van der Waals surface area contributed by atoms with Crippen LogP contribution in [0.1, 0.15) is 35.3 Å². The average molecular weight is 498 g/mol. The second-order valence-corrected chi connectivity index (χ2v) is 9.41. The normalized spacial score (nSPS) is 15.0. The molecule has 37 heavy (non-hydrogen) atoms. The Balaban J connectivity index is 1.24. The Morgan fingerprint density at radius 1 is 0.811 bits per heavy atom. The van der Waals surface area contributed by atoms with Crippen LogP contribution in [0.4, 0.5) is 10.1 Å². The lowest BCUT2D eigenvalue weighted by Crippen LogP contribution is -2.49. The van der Waals surface area contributed by atoms with E-state index < -0.39 is 0 Å². The molecule has 1 amide bonds. The lowest BCUT2D eigenvalue weighted by Gasteiger charge is -2.39. The Bertz CT molecular complexity index is 1200. The van der Waals surface area contributed by atoms with Crippen LogP contribution in [0.2, 0.25) is 0 Å². The van der Waals surface area contributed by atoms with E-state index in [1.807, 2.05) is 60.7 Å². The van der Waals surface area contributed by atoms with E-state index in [1.54, 1.807) is 6.26 Å². The quantitative estimate of drug-likeness (QED) is 0.326. The first kappa shape index (κ1) is 24.8. The summed E-state index contributed by atoms with van der Waals surface area (Å²) in [5, 5.41) is 3.19. The lowest BCUT2D eigenvalue weighted by atomic mass is 9.88. The SMILES string of the molecule is O=C(CC(c1ccccc1)c1ccccc1)NCC(c1ccco1)N1CCN(c2ccc(F)cc2)CC1. The van der Waals surface area contributed by atoms with E-state index in [0.717, 1.165) is 48.8 Å². The molecule has 4 aromatic rings. The fraction of sp³-hybridized carbons (Fsp3) is 0.258. The van der Waals surface area contributed by atoms with Crippen molar-refractivity contribution in [3.63, 3.8) is 0 Å². The molecule has 1 unspecified atom stereocenters. The third-order valence-corrected chi connectivity index (χ3v) is 7.10. The molecule has 1 aliphatic rings. The Labute approximate surface area is 217 Å². The number of hydrogen-bond donors (Lipinski definition) is 1. The maximum absolute atomic E-state index is 13.3. The summed E-state index contributed by atoms with van der Waals surface area (Å²) >= 11 is 0. The smallest absolute Gasteiger partial charge is 0.221 e. The molecule has 1 fully saturated rings. The third-order valence-electron chi connectivity index (χ3n) is 7.10. The van der Waals surface area contributed by atoms with Gasteiger partial charge in [0.2, 0.25) is 5.91 Å². The first-order chi connectivity index (χ1) is 18.2. The van der Waals surface area contributed by atoms with Gasteiger partial charge in [-0.05, 0) is 47.5 Å². The predicted molar refractivity (Wildman–Crippen MR) is 144 cm³/mol. The maximum Gasteiger partial charge on any atom is 0.221 e. The molecule has 0 bridgehead atoms. The molecule has 0 spiro atoms. The van der Waals surface area contributed by atoms with Crippen LogP contribution in [-0.2, 0) is 4.79 Å². The first-order valence-corrected chi connectivity index (χ1v) is 12.8. The van der Waals surface area contributed by atoms with E-state index in [4.69, 9.17) is 4.42 Å². The van der Waals surface area contributed by atoms with Crippen molar-refractivity contribution in [3.8, 4) is 0 Å². The largest absolute Gasteiger partial charge is 0.468 e. The highest BCUT2D eigenvalue weighted by Gasteiger charge is 2.28. The van der Waals surface area contributed by atoms with Crippen molar-refractivity contribution in [2.75, 3.05) is 37.6 Å². The molecule has 6 heteroatoms. The van der Waals surface area contributed by atoms with Crippen LogP contribution in [0.3, 0.4) is 0 Å². The standard InChI is InChI=1S/C31H32FN3O2/c32-26-13-15-27(16-14-26)34-17-19-35(20-18-34)29(30-12-7-21-37-30)23-33-31(36)22-28(24-8-3-1-4-9-24)25-10-5-2-6-11-25/h1-16,21,28-29H,17-20,22-23H2,(H,33,36). The van der Waals surface area contributed by atoms with Crippen LogP contribution < -0.4 is 10.2 Å². The molecule has 5 nitrogen and oxygen atoms in total. The summed E-state index contributed by atoms with van der Waals surface area (Å²) in [6.45, 7) is 3.74. The summed E-state index contributed by atoms with van der Waals surface area (Å²) in [5.74, 6) is 0.624. The van der Waals surface area contributed by atoms with Crippen LogP contribution in [0, 0.1) is 5.82 Å². The number of hydrogen-bond acceptors (Lipinski definition) is 4. The Morgan fingerprint density at radius 2 is 1.43 bits per heavy atom. The number of benzene rings is 3. The summed E-state index contributed by atoms with van der Waals surface area (Å²) in [6.07, 6.45) is 2.05. The lowest BCUT2D eigenvalue weighted by molar-refractivity contribution is -0.121. The highest BCUT2D eigenvalue weighted by atomic mass is 19.1. The number of anilines is 1. The summed E-state index contributed by atoms with van der Waals surface area (Å²) in [4.78, 5) is 17.8. The van der Waals surface area contributed by atoms with Gasteiger partial charge in [0.15, 0.2) is 0 Å². The van der Waals surface area contributed by atoms with E-state index in [0.29, 0.717) is 13.0 Å². The average Bonchev–Trinajstić information content (AvgIpc) is 3.48. The van der Waals surface area contributed by atoms with Gasteiger partial charge in [-0.2, -0.15) is 0 Å². The molecule has 2 heterocycles. The minimum Gasteiger partial charge on any atom is -0.468 e. The van der Waals surface area contributed by atoms with Crippen molar-refractivity contribution in [3.05, 3.63) is 126 Å². The van der Waals surface area contributed by atoms with Crippen LogP contribution in [0.5, 0.6) is 0 Å². The highest BCUT2D eigenvalue weighted by molar-refractivity contribution is 5.77. The van der Waals surface area contributed by atoms with Crippen LogP contribution in [0.15, 0.2) is 108 Å². The zero-order valence-electron chi connectivity index (χ0n) is 20.8.